The normalized spacial score (nSPS) is 17.6. The highest BCUT2D eigenvalue weighted by Crippen LogP contribution is 2.39. The molecule has 1 heterocycles. The van der Waals surface area contributed by atoms with E-state index in [1.807, 2.05) is 0 Å². The lowest BCUT2D eigenvalue weighted by Gasteiger charge is -2.20. The zero-order valence-corrected chi connectivity index (χ0v) is 16.0. The molecule has 0 unspecified atom stereocenters. The van der Waals surface area contributed by atoms with Gasteiger partial charge in [0.25, 0.3) is 20.0 Å². The monoisotopic (exact) mass is 395 g/mol. The highest BCUT2D eigenvalue weighted by atomic mass is 32.3. The van der Waals surface area contributed by atoms with E-state index in [4.69, 9.17) is 4.74 Å². The number of hydrogen-bond donors (Lipinski definition) is 0. The van der Waals surface area contributed by atoms with Crippen molar-refractivity contribution < 1.29 is 26.4 Å². The van der Waals surface area contributed by atoms with Crippen LogP contribution in [0.5, 0.6) is 0 Å². The van der Waals surface area contributed by atoms with E-state index >= 15 is 0 Å². The smallest absolute Gasteiger partial charge is 0.338 e. The minimum atomic E-state index is -4.24. The van der Waals surface area contributed by atoms with E-state index in [0.717, 1.165) is 0 Å². The Hall–Kier alpha value is -2.39. The van der Waals surface area contributed by atoms with Gasteiger partial charge in [-0.15, -0.1) is 0 Å². The van der Waals surface area contributed by atoms with E-state index < -0.39 is 31.6 Å². The molecule has 0 saturated carbocycles. The van der Waals surface area contributed by atoms with Crippen molar-refractivity contribution in [2.75, 3.05) is 3.71 Å². The van der Waals surface area contributed by atoms with Gasteiger partial charge in [-0.05, 0) is 57.2 Å². The highest BCUT2D eigenvalue weighted by Gasteiger charge is 2.47. The van der Waals surface area contributed by atoms with Crippen LogP contribution in [0.1, 0.15) is 31.1 Å². The average Bonchev–Trinajstić information content (AvgIpc) is 2.69. The first-order valence-corrected chi connectivity index (χ1v) is 10.6. The number of anilines is 1. The van der Waals surface area contributed by atoms with Crippen LogP contribution in [0.15, 0.2) is 58.3 Å². The minimum absolute atomic E-state index is 0.0755. The van der Waals surface area contributed by atoms with Gasteiger partial charge in [0.1, 0.15) is 15.4 Å². The van der Waals surface area contributed by atoms with Gasteiger partial charge in [-0.2, -0.15) is 20.5 Å². The van der Waals surface area contributed by atoms with Crippen LogP contribution in [-0.4, -0.2) is 28.4 Å². The molecule has 0 spiro atoms. The Bertz CT molecular complexity index is 1030. The van der Waals surface area contributed by atoms with Crippen LogP contribution in [-0.2, 0) is 24.8 Å². The summed E-state index contributed by atoms with van der Waals surface area (Å²) in [5.74, 6) is -0.584. The molecule has 0 aliphatic carbocycles. The van der Waals surface area contributed by atoms with Gasteiger partial charge in [-0.1, -0.05) is 12.1 Å². The van der Waals surface area contributed by atoms with Crippen LogP contribution in [0.3, 0.4) is 0 Å². The predicted molar refractivity (Wildman–Crippen MR) is 94.9 cm³/mol. The maximum Gasteiger partial charge on any atom is 0.338 e. The second-order valence-corrected chi connectivity index (χ2v) is 10.4. The molecule has 2 aromatic rings. The highest BCUT2D eigenvalue weighted by molar-refractivity contribution is 8.12. The van der Waals surface area contributed by atoms with Crippen molar-refractivity contribution in [2.24, 2.45) is 0 Å². The topological polar surface area (TPSA) is 97.8 Å². The molecular weight excluding hydrogens is 378 g/mol. The summed E-state index contributed by atoms with van der Waals surface area (Å²) >= 11 is 0. The maximum atomic E-state index is 12.7. The number of rotatable bonds is 2. The second-order valence-electron chi connectivity index (χ2n) is 6.70. The average molecular weight is 395 g/mol. The molecule has 26 heavy (non-hydrogen) atoms. The molecule has 0 atom stereocenters. The fourth-order valence-electron chi connectivity index (χ4n) is 2.52. The van der Waals surface area contributed by atoms with E-state index in [1.54, 1.807) is 20.8 Å². The second kappa shape index (κ2) is 5.82. The summed E-state index contributed by atoms with van der Waals surface area (Å²) in [4.78, 5) is 11.5. The fourth-order valence-corrected chi connectivity index (χ4v) is 6.97. The van der Waals surface area contributed by atoms with E-state index in [1.165, 1.54) is 48.5 Å². The van der Waals surface area contributed by atoms with Crippen molar-refractivity contribution in [1.29, 1.82) is 0 Å². The van der Waals surface area contributed by atoms with Crippen LogP contribution in [0.4, 0.5) is 5.69 Å². The Morgan fingerprint density at radius 1 is 0.846 bits per heavy atom. The number of sulfonamides is 2. The Morgan fingerprint density at radius 3 is 1.73 bits per heavy atom. The van der Waals surface area contributed by atoms with Crippen molar-refractivity contribution in [1.82, 2.24) is 0 Å². The van der Waals surface area contributed by atoms with Gasteiger partial charge in [0.05, 0.1) is 11.3 Å². The molecule has 138 valence electrons. The first kappa shape index (κ1) is 18.4. The zero-order valence-electron chi connectivity index (χ0n) is 14.3. The number of hydrogen-bond acceptors (Lipinski definition) is 6. The molecule has 0 bridgehead atoms. The van der Waals surface area contributed by atoms with Gasteiger partial charge >= 0.3 is 5.97 Å². The van der Waals surface area contributed by atoms with Gasteiger partial charge in [-0.25, -0.2) is 4.79 Å². The van der Waals surface area contributed by atoms with Crippen molar-refractivity contribution >= 4 is 31.7 Å². The van der Waals surface area contributed by atoms with Gasteiger partial charge in [0.15, 0.2) is 0 Å². The third-order valence-electron chi connectivity index (χ3n) is 3.55. The molecule has 7 nitrogen and oxygen atoms in total. The molecule has 0 radical (unpaired) electrons. The van der Waals surface area contributed by atoms with E-state index in [9.17, 15) is 21.6 Å². The largest absolute Gasteiger partial charge is 0.456 e. The van der Waals surface area contributed by atoms with Crippen molar-refractivity contribution in [2.45, 2.75) is 36.2 Å². The molecular formula is C17H17NO6S2. The molecule has 0 N–H and O–H groups in total. The molecule has 2 aromatic carbocycles. The third kappa shape index (κ3) is 2.97. The summed E-state index contributed by atoms with van der Waals surface area (Å²) in [6, 6.07) is 10.6. The van der Waals surface area contributed by atoms with E-state index in [-0.39, 0.29) is 21.0 Å². The maximum absolute atomic E-state index is 12.7. The number of ether oxygens (including phenoxy) is 1. The first-order chi connectivity index (χ1) is 11.9. The Morgan fingerprint density at radius 2 is 1.31 bits per heavy atom. The Labute approximate surface area is 152 Å². The van der Waals surface area contributed by atoms with Crippen LogP contribution in [0, 0.1) is 0 Å². The number of esters is 1. The molecule has 1 aliphatic heterocycles. The number of carbonyl (C=O) groups excluding carboxylic acids is 1. The number of carbonyl (C=O) groups is 1. The minimum Gasteiger partial charge on any atom is -0.456 e. The third-order valence-corrected chi connectivity index (χ3v) is 7.98. The zero-order chi connectivity index (χ0) is 19.3. The lowest BCUT2D eigenvalue weighted by molar-refractivity contribution is 0.00695. The summed E-state index contributed by atoms with van der Waals surface area (Å²) in [7, 11) is -8.48. The van der Waals surface area contributed by atoms with Crippen molar-refractivity contribution in [3.05, 3.63) is 54.1 Å². The number of benzene rings is 2. The van der Waals surface area contributed by atoms with Crippen LogP contribution in [0.2, 0.25) is 0 Å². The van der Waals surface area contributed by atoms with Crippen LogP contribution < -0.4 is 3.71 Å². The van der Waals surface area contributed by atoms with Gasteiger partial charge in [-0.3, -0.25) is 0 Å². The predicted octanol–water partition coefficient (Wildman–Crippen LogP) is 2.54. The Balaban J connectivity index is 2.02. The Kier molecular flexibility index (Phi) is 4.12. The molecule has 1 aliphatic rings. The standard InChI is InChI=1S/C17H17NO6S2/c1-17(2,3)24-16(19)12-8-10-13(11-9-12)18-25(20,21)14-6-4-5-7-15(14)26(18,22)23/h4-11H,1-3H3. The first-order valence-electron chi connectivity index (χ1n) is 7.67. The van der Waals surface area contributed by atoms with Crippen LogP contribution >= 0.6 is 0 Å². The molecule has 3 rings (SSSR count). The van der Waals surface area contributed by atoms with Gasteiger partial charge < -0.3 is 4.74 Å². The number of nitrogens with zero attached hydrogens (tertiary/aromatic N) is 1. The molecule has 0 saturated heterocycles. The van der Waals surface area contributed by atoms with Gasteiger partial charge in [0.2, 0.25) is 0 Å². The van der Waals surface area contributed by atoms with Crippen molar-refractivity contribution in [3.63, 3.8) is 0 Å². The van der Waals surface area contributed by atoms with Crippen LogP contribution in [0.25, 0.3) is 0 Å². The number of fused-ring (bicyclic) bond motifs is 1. The summed E-state index contributed by atoms with van der Waals surface area (Å²) in [6.45, 7) is 5.17. The molecule has 0 amide bonds. The lowest BCUT2D eigenvalue weighted by Crippen LogP contribution is -2.30. The quantitative estimate of drug-likeness (QED) is 0.725. The SMILES string of the molecule is CC(C)(C)OC(=O)c1ccc(N2S(=O)(=O)c3ccccc3S2(=O)=O)cc1. The summed E-state index contributed by atoms with van der Waals surface area (Å²) in [6.07, 6.45) is 0. The lowest BCUT2D eigenvalue weighted by atomic mass is 10.1. The molecule has 9 heteroatoms. The van der Waals surface area contributed by atoms with E-state index in [2.05, 4.69) is 0 Å². The van der Waals surface area contributed by atoms with E-state index in [0.29, 0.717) is 3.71 Å². The summed E-state index contributed by atoms with van der Waals surface area (Å²) < 4.78 is 56.3. The van der Waals surface area contributed by atoms with Crippen molar-refractivity contribution in [3.8, 4) is 0 Å². The summed E-state index contributed by atoms with van der Waals surface area (Å²) in [5, 5.41) is 0. The van der Waals surface area contributed by atoms with Gasteiger partial charge in [0, 0.05) is 0 Å². The summed E-state index contributed by atoms with van der Waals surface area (Å²) in [5.41, 5.74) is -0.567. The molecule has 0 aromatic heterocycles. The fraction of sp³-hybridized carbons (Fsp3) is 0.235. The molecule has 0 fully saturated rings.